The minimum absolute atomic E-state index is 0.285. The van der Waals surface area contributed by atoms with Crippen molar-refractivity contribution in [1.29, 1.82) is 0 Å². The first-order valence-electron chi connectivity index (χ1n) is 7.16. The van der Waals surface area contributed by atoms with E-state index in [0.717, 1.165) is 44.1 Å². The summed E-state index contributed by atoms with van der Waals surface area (Å²) in [6, 6.07) is 4.16. The van der Waals surface area contributed by atoms with Crippen LogP contribution in [0.1, 0.15) is 11.3 Å². The van der Waals surface area contributed by atoms with Crippen LogP contribution in [0.2, 0.25) is 0 Å². The molecule has 0 radical (unpaired) electrons. The van der Waals surface area contributed by atoms with E-state index in [-0.39, 0.29) is 6.10 Å². The maximum Gasteiger partial charge on any atom is 0.137 e. The van der Waals surface area contributed by atoms with Crippen LogP contribution in [0.5, 0.6) is 0 Å². The first kappa shape index (κ1) is 13.5. The van der Waals surface area contributed by atoms with E-state index in [1.165, 1.54) is 5.56 Å². The molecular formula is C15H22N4O. The number of nitrogens with zero attached hydrogens (tertiary/aromatic N) is 3. The lowest BCUT2D eigenvalue weighted by Gasteiger charge is -2.27. The Morgan fingerprint density at radius 3 is 3.15 bits per heavy atom. The van der Waals surface area contributed by atoms with Gasteiger partial charge in [0, 0.05) is 38.6 Å². The monoisotopic (exact) mass is 274 g/mol. The van der Waals surface area contributed by atoms with Crippen molar-refractivity contribution >= 4 is 5.65 Å². The number of hydrogen-bond donors (Lipinski definition) is 1. The number of imidazole rings is 1. The summed E-state index contributed by atoms with van der Waals surface area (Å²) >= 11 is 0. The van der Waals surface area contributed by atoms with Crippen molar-refractivity contribution in [3.63, 3.8) is 0 Å². The molecule has 0 amide bonds. The van der Waals surface area contributed by atoms with Crippen molar-refractivity contribution in [1.82, 2.24) is 19.6 Å². The van der Waals surface area contributed by atoms with Gasteiger partial charge in [-0.05, 0) is 25.6 Å². The van der Waals surface area contributed by atoms with Gasteiger partial charge in [-0.2, -0.15) is 0 Å². The lowest BCUT2D eigenvalue weighted by molar-refractivity contribution is 0.00870. The smallest absolute Gasteiger partial charge is 0.137 e. The average molecular weight is 274 g/mol. The zero-order valence-electron chi connectivity index (χ0n) is 12.2. The normalized spacial score (nSPS) is 19.9. The van der Waals surface area contributed by atoms with Gasteiger partial charge in [0.1, 0.15) is 5.65 Å². The number of aromatic nitrogens is 2. The van der Waals surface area contributed by atoms with Gasteiger partial charge >= 0.3 is 0 Å². The molecule has 5 heteroatoms. The Balaban J connectivity index is 1.63. The fourth-order valence-electron chi connectivity index (χ4n) is 2.66. The van der Waals surface area contributed by atoms with Crippen molar-refractivity contribution in [3.8, 4) is 0 Å². The highest BCUT2D eigenvalue weighted by Gasteiger charge is 2.16. The number of aryl methyl sites for hydroxylation is 1. The number of pyridine rings is 1. The molecule has 1 saturated heterocycles. The molecule has 2 aromatic heterocycles. The quantitative estimate of drug-likeness (QED) is 0.905. The van der Waals surface area contributed by atoms with Gasteiger partial charge < -0.3 is 14.5 Å². The Hall–Kier alpha value is -1.43. The molecule has 3 rings (SSSR count). The van der Waals surface area contributed by atoms with Crippen LogP contribution in [0.15, 0.2) is 24.5 Å². The van der Waals surface area contributed by atoms with Crippen LogP contribution in [0.3, 0.4) is 0 Å². The van der Waals surface area contributed by atoms with E-state index >= 15 is 0 Å². The van der Waals surface area contributed by atoms with Gasteiger partial charge in [-0.3, -0.25) is 4.90 Å². The van der Waals surface area contributed by atoms with Crippen LogP contribution in [0, 0.1) is 6.92 Å². The van der Waals surface area contributed by atoms with Gasteiger partial charge in [0.15, 0.2) is 0 Å². The van der Waals surface area contributed by atoms with Crippen LogP contribution >= 0.6 is 0 Å². The topological polar surface area (TPSA) is 41.8 Å². The first-order chi connectivity index (χ1) is 9.70. The summed E-state index contributed by atoms with van der Waals surface area (Å²) in [5.74, 6) is 0. The largest absolute Gasteiger partial charge is 0.374 e. The second kappa shape index (κ2) is 5.91. The first-order valence-corrected chi connectivity index (χ1v) is 7.16. The molecule has 3 heterocycles. The van der Waals surface area contributed by atoms with E-state index in [4.69, 9.17) is 4.74 Å². The Bertz CT molecular complexity index is 574. The lowest BCUT2D eigenvalue weighted by atomic mass is 10.3. The molecule has 1 aliphatic rings. The molecule has 5 nitrogen and oxygen atoms in total. The van der Waals surface area contributed by atoms with Gasteiger partial charge in [-0.15, -0.1) is 0 Å². The van der Waals surface area contributed by atoms with Crippen molar-refractivity contribution in [3.05, 3.63) is 35.8 Å². The minimum Gasteiger partial charge on any atom is -0.374 e. The zero-order valence-corrected chi connectivity index (χ0v) is 12.2. The van der Waals surface area contributed by atoms with Gasteiger partial charge in [0.05, 0.1) is 18.4 Å². The highest BCUT2D eigenvalue weighted by atomic mass is 16.5. The van der Waals surface area contributed by atoms with Crippen molar-refractivity contribution in [2.24, 2.45) is 0 Å². The average Bonchev–Trinajstić information content (AvgIpc) is 2.80. The van der Waals surface area contributed by atoms with Crippen molar-refractivity contribution in [2.45, 2.75) is 19.6 Å². The second-order valence-electron chi connectivity index (χ2n) is 5.60. The molecule has 1 unspecified atom stereocenters. The fourth-order valence-corrected chi connectivity index (χ4v) is 2.66. The fraction of sp³-hybridized carbons (Fsp3) is 0.533. The molecule has 0 aromatic carbocycles. The summed E-state index contributed by atoms with van der Waals surface area (Å²) in [6.45, 7) is 6.59. The molecule has 108 valence electrons. The predicted molar refractivity (Wildman–Crippen MR) is 78.9 cm³/mol. The molecular weight excluding hydrogens is 252 g/mol. The van der Waals surface area contributed by atoms with Crippen LogP contribution < -0.4 is 5.32 Å². The Kier molecular flexibility index (Phi) is 4.00. The van der Waals surface area contributed by atoms with Crippen LogP contribution in [-0.2, 0) is 11.3 Å². The van der Waals surface area contributed by atoms with E-state index < -0.39 is 0 Å². The third-order valence-electron chi connectivity index (χ3n) is 3.60. The lowest BCUT2D eigenvalue weighted by Crippen LogP contribution is -2.44. The summed E-state index contributed by atoms with van der Waals surface area (Å²) in [5, 5.41) is 3.36. The molecule has 2 aromatic rings. The van der Waals surface area contributed by atoms with Gasteiger partial charge in [0.2, 0.25) is 0 Å². The number of nitrogens with one attached hydrogen (secondary N) is 1. The number of likely N-dealkylation sites (N-methyl/N-ethyl adjacent to an activating group) is 1. The maximum absolute atomic E-state index is 5.73. The molecule has 0 saturated carbocycles. The van der Waals surface area contributed by atoms with Crippen LogP contribution in [0.4, 0.5) is 0 Å². The van der Waals surface area contributed by atoms with E-state index in [0.29, 0.717) is 0 Å². The molecule has 1 fully saturated rings. The number of rotatable bonds is 4. The van der Waals surface area contributed by atoms with E-state index in [9.17, 15) is 0 Å². The number of hydrogen-bond acceptors (Lipinski definition) is 4. The molecule has 0 bridgehead atoms. The molecule has 0 aliphatic carbocycles. The van der Waals surface area contributed by atoms with Crippen molar-refractivity contribution in [2.75, 3.05) is 33.3 Å². The van der Waals surface area contributed by atoms with Crippen LogP contribution in [0.25, 0.3) is 5.65 Å². The van der Waals surface area contributed by atoms with Crippen molar-refractivity contribution < 1.29 is 4.74 Å². The summed E-state index contributed by atoms with van der Waals surface area (Å²) in [4.78, 5) is 6.92. The van der Waals surface area contributed by atoms with E-state index in [2.05, 4.69) is 58.1 Å². The molecule has 0 spiro atoms. The van der Waals surface area contributed by atoms with Gasteiger partial charge in [-0.1, -0.05) is 6.07 Å². The minimum atomic E-state index is 0.285. The zero-order chi connectivity index (χ0) is 13.9. The van der Waals surface area contributed by atoms with Crippen LogP contribution in [-0.4, -0.2) is 53.7 Å². The predicted octanol–water partition coefficient (Wildman–Crippen LogP) is 1.06. The SMILES string of the molecule is Cc1ccc2nc(CN(C)CC3CNCCO3)cn2c1. The summed E-state index contributed by atoms with van der Waals surface area (Å²) in [5.41, 5.74) is 3.35. The highest BCUT2D eigenvalue weighted by molar-refractivity contribution is 5.41. The second-order valence-corrected chi connectivity index (χ2v) is 5.60. The Labute approximate surface area is 119 Å². The standard InChI is InChI=1S/C15H22N4O/c1-12-3-4-15-17-13(10-19(15)8-12)9-18(2)11-14-7-16-5-6-20-14/h3-4,8,10,14,16H,5-7,9,11H2,1-2H3. The molecule has 1 atom stereocenters. The van der Waals surface area contributed by atoms with Gasteiger partial charge in [-0.25, -0.2) is 4.98 Å². The summed E-state index contributed by atoms with van der Waals surface area (Å²) in [6.07, 6.45) is 4.51. The summed E-state index contributed by atoms with van der Waals surface area (Å²) < 4.78 is 7.83. The van der Waals surface area contributed by atoms with E-state index in [1.807, 2.05) is 0 Å². The third kappa shape index (κ3) is 3.17. The molecule has 1 aliphatic heterocycles. The van der Waals surface area contributed by atoms with E-state index in [1.54, 1.807) is 0 Å². The molecule has 1 N–H and O–H groups in total. The Morgan fingerprint density at radius 2 is 2.35 bits per heavy atom. The molecule has 20 heavy (non-hydrogen) atoms. The van der Waals surface area contributed by atoms with Gasteiger partial charge in [0.25, 0.3) is 0 Å². The summed E-state index contributed by atoms with van der Waals surface area (Å²) in [7, 11) is 2.12. The number of fused-ring (bicyclic) bond motifs is 1. The third-order valence-corrected chi connectivity index (χ3v) is 3.60. The maximum atomic E-state index is 5.73. The Morgan fingerprint density at radius 1 is 1.45 bits per heavy atom. The number of ether oxygens (including phenoxy) is 1. The highest BCUT2D eigenvalue weighted by Crippen LogP contribution is 2.09. The number of morpholine rings is 1.